The van der Waals surface area contributed by atoms with Gasteiger partial charge in [-0.25, -0.2) is 4.98 Å². The summed E-state index contributed by atoms with van der Waals surface area (Å²) in [5.41, 5.74) is 12.6. The summed E-state index contributed by atoms with van der Waals surface area (Å²) >= 11 is 0. The Hall–Kier alpha value is -6.59. The number of pyridine rings is 3. The van der Waals surface area contributed by atoms with E-state index in [0.29, 0.717) is 0 Å². The smallest absolute Gasteiger partial charge is 0.137 e. The van der Waals surface area contributed by atoms with Gasteiger partial charge in [0.2, 0.25) is 0 Å². The molecule has 0 aliphatic carbocycles. The van der Waals surface area contributed by atoms with E-state index >= 15 is 0 Å². The standard InChI is InChI=1S/C43H29N5/c1-3-9-40-33(7-1)25-35(27-44-40)30-12-18-37(19-13-30)48(39-22-16-32(17-23-39)42-29-47-24-6-5-11-43(47)46-42)38-20-14-31(15-21-38)36-26-34-8-2-4-10-41(34)45-28-36/h1-29H. The summed E-state index contributed by atoms with van der Waals surface area (Å²) in [5, 5.41) is 2.27. The largest absolute Gasteiger partial charge is 0.311 e. The quantitative estimate of drug-likeness (QED) is 0.187. The molecule has 0 unspecified atom stereocenters. The van der Waals surface area contributed by atoms with Crippen LogP contribution in [0.25, 0.3) is 61.0 Å². The first kappa shape index (κ1) is 27.7. The normalized spacial score (nSPS) is 11.3. The summed E-state index contributed by atoms with van der Waals surface area (Å²) in [4.78, 5) is 16.5. The van der Waals surface area contributed by atoms with Gasteiger partial charge in [-0.05, 0) is 83.9 Å². The zero-order chi connectivity index (χ0) is 31.9. The molecule has 0 fully saturated rings. The van der Waals surface area contributed by atoms with Gasteiger partial charge in [0, 0.05) is 69.3 Å². The summed E-state index contributed by atoms with van der Waals surface area (Å²) in [5.74, 6) is 0. The van der Waals surface area contributed by atoms with Crippen molar-refractivity contribution < 1.29 is 0 Å². The van der Waals surface area contributed by atoms with Gasteiger partial charge in [-0.2, -0.15) is 0 Å². The highest BCUT2D eigenvalue weighted by Crippen LogP contribution is 2.38. The second-order valence-electron chi connectivity index (χ2n) is 11.9. The van der Waals surface area contributed by atoms with E-state index in [2.05, 4.69) is 135 Å². The van der Waals surface area contributed by atoms with Crippen LogP contribution in [-0.2, 0) is 0 Å². The van der Waals surface area contributed by atoms with Crippen LogP contribution >= 0.6 is 0 Å². The van der Waals surface area contributed by atoms with Crippen molar-refractivity contribution in [2.75, 3.05) is 4.90 Å². The van der Waals surface area contributed by atoms with Crippen LogP contribution in [-0.4, -0.2) is 19.4 Å². The zero-order valence-electron chi connectivity index (χ0n) is 26.0. The predicted molar refractivity (Wildman–Crippen MR) is 197 cm³/mol. The van der Waals surface area contributed by atoms with E-state index in [1.165, 1.54) is 0 Å². The highest BCUT2D eigenvalue weighted by molar-refractivity contribution is 5.86. The number of rotatable bonds is 6. The average Bonchev–Trinajstić information content (AvgIpc) is 3.60. The van der Waals surface area contributed by atoms with Crippen LogP contribution in [0.2, 0.25) is 0 Å². The first-order chi connectivity index (χ1) is 23.7. The molecule has 0 aliphatic rings. The van der Waals surface area contributed by atoms with Crippen LogP contribution < -0.4 is 4.90 Å². The molecular formula is C43H29N5. The topological polar surface area (TPSA) is 46.3 Å². The SMILES string of the molecule is c1ccc2ncc(-c3ccc(N(c4ccc(-c5cnc6ccccc6c5)cc4)c4ccc(-c5cn6ccccc6n5)cc4)cc3)cc2c1. The van der Waals surface area contributed by atoms with E-state index in [0.717, 1.165) is 78.0 Å². The monoisotopic (exact) mass is 615 g/mol. The van der Waals surface area contributed by atoms with Gasteiger partial charge >= 0.3 is 0 Å². The fourth-order valence-corrected chi connectivity index (χ4v) is 6.37. The van der Waals surface area contributed by atoms with Crippen LogP contribution in [0.1, 0.15) is 0 Å². The maximum Gasteiger partial charge on any atom is 0.137 e. The number of anilines is 3. The fraction of sp³-hybridized carbons (Fsp3) is 0. The Morgan fingerprint density at radius 2 is 0.917 bits per heavy atom. The molecule has 0 radical (unpaired) electrons. The highest BCUT2D eigenvalue weighted by atomic mass is 15.1. The van der Waals surface area contributed by atoms with Crippen LogP contribution in [0.15, 0.2) is 176 Å². The second-order valence-corrected chi connectivity index (χ2v) is 11.9. The van der Waals surface area contributed by atoms with Crippen LogP contribution in [0, 0.1) is 0 Å². The lowest BCUT2D eigenvalue weighted by Gasteiger charge is -2.26. The molecule has 9 aromatic rings. The molecule has 0 aliphatic heterocycles. The van der Waals surface area contributed by atoms with Gasteiger partial charge in [-0.3, -0.25) is 9.97 Å². The lowest BCUT2D eigenvalue weighted by Crippen LogP contribution is -2.09. The van der Waals surface area contributed by atoms with E-state index in [1.54, 1.807) is 0 Å². The minimum atomic E-state index is 0.932. The molecule has 9 rings (SSSR count). The number of fused-ring (bicyclic) bond motifs is 3. The molecule has 0 spiro atoms. The molecule has 48 heavy (non-hydrogen) atoms. The Morgan fingerprint density at radius 3 is 1.44 bits per heavy atom. The number of nitrogens with zero attached hydrogens (tertiary/aromatic N) is 5. The minimum Gasteiger partial charge on any atom is -0.311 e. The van der Waals surface area contributed by atoms with Crippen molar-refractivity contribution in [2.45, 2.75) is 0 Å². The molecule has 4 heterocycles. The molecule has 0 bridgehead atoms. The molecule has 5 aromatic carbocycles. The first-order valence-electron chi connectivity index (χ1n) is 16.0. The van der Waals surface area contributed by atoms with Crippen LogP contribution in [0.4, 0.5) is 17.1 Å². The van der Waals surface area contributed by atoms with E-state index in [1.807, 2.05) is 61.1 Å². The van der Waals surface area contributed by atoms with E-state index in [4.69, 9.17) is 4.98 Å². The van der Waals surface area contributed by atoms with Gasteiger partial charge in [-0.15, -0.1) is 0 Å². The number of para-hydroxylation sites is 2. The zero-order valence-corrected chi connectivity index (χ0v) is 26.0. The predicted octanol–water partition coefficient (Wildman–Crippen LogP) is 10.9. The minimum absolute atomic E-state index is 0.932. The van der Waals surface area contributed by atoms with Gasteiger partial charge in [0.15, 0.2) is 0 Å². The number of hydrogen-bond acceptors (Lipinski definition) is 4. The van der Waals surface area contributed by atoms with Crippen molar-refractivity contribution in [2.24, 2.45) is 0 Å². The summed E-state index contributed by atoms with van der Waals surface area (Å²) in [6.07, 6.45) is 8.00. The lowest BCUT2D eigenvalue weighted by atomic mass is 10.0. The van der Waals surface area contributed by atoms with Crippen molar-refractivity contribution in [1.29, 1.82) is 0 Å². The van der Waals surface area contributed by atoms with E-state index in [9.17, 15) is 0 Å². The van der Waals surface area contributed by atoms with Gasteiger partial charge in [0.05, 0.1) is 16.7 Å². The van der Waals surface area contributed by atoms with Crippen molar-refractivity contribution in [3.8, 4) is 33.5 Å². The fourth-order valence-electron chi connectivity index (χ4n) is 6.37. The summed E-state index contributed by atoms with van der Waals surface area (Å²) in [7, 11) is 0. The van der Waals surface area contributed by atoms with E-state index < -0.39 is 0 Å². The lowest BCUT2D eigenvalue weighted by molar-refractivity contribution is 1.19. The van der Waals surface area contributed by atoms with Gasteiger partial charge in [0.1, 0.15) is 5.65 Å². The van der Waals surface area contributed by atoms with Crippen LogP contribution in [0.5, 0.6) is 0 Å². The Bertz CT molecular complexity index is 2390. The second kappa shape index (κ2) is 11.6. The highest BCUT2D eigenvalue weighted by Gasteiger charge is 2.15. The molecule has 226 valence electrons. The molecule has 5 nitrogen and oxygen atoms in total. The van der Waals surface area contributed by atoms with E-state index in [-0.39, 0.29) is 0 Å². The summed E-state index contributed by atoms with van der Waals surface area (Å²) in [6.45, 7) is 0. The van der Waals surface area contributed by atoms with Crippen molar-refractivity contribution in [3.05, 3.63) is 176 Å². The molecule has 0 amide bonds. The molecular weight excluding hydrogens is 587 g/mol. The number of aromatic nitrogens is 4. The Balaban J connectivity index is 1.09. The molecule has 0 atom stereocenters. The Morgan fingerprint density at radius 1 is 0.438 bits per heavy atom. The third-order valence-electron chi connectivity index (χ3n) is 8.88. The van der Waals surface area contributed by atoms with Gasteiger partial charge < -0.3 is 9.30 Å². The number of imidazole rings is 1. The maximum absolute atomic E-state index is 4.83. The first-order valence-corrected chi connectivity index (χ1v) is 16.0. The third-order valence-corrected chi connectivity index (χ3v) is 8.88. The molecule has 0 saturated heterocycles. The van der Waals surface area contributed by atoms with Crippen molar-refractivity contribution in [1.82, 2.24) is 19.4 Å². The molecule has 4 aromatic heterocycles. The third kappa shape index (κ3) is 5.13. The molecule has 5 heteroatoms. The van der Waals surface area contributed by atoms with Gasteiger partial charge in [0.25, 0.3) is 0 Å². The Labute approximate surface area is 278 Å². The summed E-state index contributed by atoms with van der Waals surface area (Å²) < 4.78 is 2.05. The number of hydrogen-bond donors (Lipinski definition) is 0. The van der Waals surface area contributed by atoms with Crippen molar-refractivity contribution in [3.63, 3.8) is 0 Å². The van der Waals surface area contributed by atoms with Crippen molar-refractivity contribution >= 4 is 44.5 Å². The average molecular weight is 616 g/mol. The number of benzene rings is 5. The maximum atomic E-state index is 4.83. The summed E-state index contributed by atoms with van der Waals surface area (Å²) in [6, 6.07) is 53.0. The molecule has 0 N–H and O–H groups in total. The molecule has 0 saturated carbocycles. The van der Waals surface area contributed by atoms with Gasteiger partial charge in [-0.1, -0.05) is 78.9 Å². The van der Waals surface area contributed by atoms with Crippen LogP contribution in [0.3, 0.4) is 0 Å². The Kier molecular flexibility index (Phi) is 6.72.